The van der Waals surface area contributed by atoms with Gasteiger partial charge in [-0.05, 0) is 30.5 Å². The summed E-state index contributed by atoms with van der Waals surface area (Å²) in [5.74, 6) is 0. The molecule has 6 nitrogen and oxygen atoms in total. The van der Waals surface area contributed by atoms with E-state index in [1.165, 1.54) is 12.1 Å². The first-order chi connectivity index (χ1) is 8.47. The minimum absolute atomic E-state index is 0.0860. The van der Waals surface area contributed by atoms with E-state index in [4.69, 9.17) is 36.0 Å². The van der Waals surface area contributed by atoms with Gasteiger partial charge >= 0.3 is 0 Å². The van der Waals surface area contributed by atoms with Gasteiger partial charge in [-0.15, -0.1) is 0 Å². The van der Waals surface area contributed by atoms with Crippen molar-refractivity contribution in [3.8, 4) is 0 Å². The number of hydrogen-bond acceptors (Lipinski definition) is 4. The van der Waals surface area contributed by atoms with Gasteiger partial charge in [0.1, 0.15) is 11.2 Å². The first kappa shape index (κ1) is 12.9. The maximum Gasteiger partial charge on any atom is 0.288 e. The average molecular weight is 303 g/mol. The Morgan fingerprint density at radius 3 is 2.44 bits per heavy atom. The van der Waals surface area contributed by atoms with Crippen LogP contribution < -0.4 is 16.0 Å². The number of benzene rings is 1. The SMILES string of the molecule is O=[N+]([O-])c1cc(C2NC(=S)NC(=S)N2)ccc1Cl. The van der Waals surface area contributed by atoms with Gasteiger partial charge in [-0.25, -0.2) is 0 Å². The van der Waals surface area contributed by atoms with Crippen molar-refractivity contribution in [3.05, 3.63) is 38.9 Å². The third kappa shape index (κ3) is 2.66. The van der Waals surface area contributed by atoms with E-state index < -0.39 is 11.1 Å². The largest absolute Gasteiger partial charge is 0.338 e. The number of nitro groups is 1. The van der Waals surface area contributed by atoms with Crippen LogP contribution in [-0.2, 0) is 0 Å². The molecule has 3 N–H and O–H groups in total. The quantitative estimate of drug-likeness (QED) is 0.435. The van der Waals surface area contributed by atoms with Crippen molar-refractivity contribution in [1.82, 2.24) is 16.0 Å². The predicted octanol–water partition coefficient (Wildman–Crippen LogP) is 1.60. The average Bonchev–Trinajstić information content (AvgIpc) is 2.27. The van der Waals surface area contributed by atoms with Crippen LogP contribution in [0, 0.1) is 10.1 Å². The second-order valence-electron chi connectivity index (χ2n) is 3.47. The smallest absolute Gasteiger partial charge is 0.288 e. The van der Waals surface area contributed by atoms with E-state index in [0.717, 1.165) is 0 Å². The van der Waals surface area contributed by atoms with E-state index in [9.17, 15) is 10.1 Å². The summed E-state index contributed by atoms with van der Waals surface area (Å²) in [6.45, 7) is 0. The van der Waals surface area contributed by atoms with Crippen molar-refractivity contribution in [2.75, 3.05) is 0 Å². The lowest BCUT2D eigenvalue weighted by Crippen LogP contribution is -2.56. The van der Waals surface area contributed by atoms with Crippen LogP contribution in [0.15, 0.2) is 18.2 Å². The Hall–Kier alpha value is -1.51. The standard InChI is InChI=1S/C9H7ClN4O2S2/c10-5-2-1-4(3-6(5)14(15)16)7-11-8(17)13-9(18)12-7/h1-3,7H,(H3,11,12,13,17,18). The normalized spacial score (nSPS) is 15.6. The summed E-state index contributed by atoms with van der Waals surface area (Å²) in [7, 11) is 0. The fourth-order valence-electron chi connectivity index (χ4n) is 1.49. The molecule has 1 aromatic rings. The number of rotatable bonds is 2. The van der Waals surface area contributed by atoms with E-state index in [1.807, 2.05) is 0 Å². The van der Waals surface area contributed by atoms with Gasteiger partial charge in [0.2, 0.25) is 0 Å². The molecule has 9 heteroatoms. The zero-order chi connectivity index (χ0) is 13.3. The number of nitro benzene ring substituents is 1. The summed E-state index contributed by atoms with van der Waals surface area (Å²) in [6, 6.07) is 4.51. The summed E-state index contributed by atoms with van der Waals surface area (Å²) >= 11 is 15.7. The molecule has 0 aliphatic carbocycles. The molecular weight excluding hydrogens is 296 g/mol. The zero-order valence-electron chi connectivity index (χ0n) is 8.77. The zero-order valence-corrected chi connectivity index (χ0v) is 11.2. The van der Waals surface area contributed by atoms with Crippen LogP contribution in [0.1, 0.15) is 11.7 Å². The molecule has 2 rings (SSSR count). The van der Waals surface area contributed by atoms with E-state index in [2.05, 4.69) is 16.0 Å². The Labute approximate surface area is 118 Å². The second-order valence-corrected chi connectivity index (χ2v) is 4.70. The number of nitrogens with one attached hydrogen (secondary N) is 3. The second kappa shape index (κ2) is 5.01. The maximum absolute atomic E-state index is 10.8. The van der Waals surface area contributed by atoms with Crippen molar-refractivity contribution < 1.29 is 4.92 Å². The lowest BCUT2D eigenvalue weighted by Gasteiger charge is -2.28. The van der Waals surface area contributed by atoms with E-state index in [0.29, 0.717) is 15.8 Å². The molecule has 0 atom stereocenters. The molecule has 1 saturated heterocycles. The van der Waals surface area contributed by atoms with Gasteiger partial charge in [0.25, 0.3) is 5.69 Å². The number of nitrogens with zero attached hydrogens (tertiary/aromatic N) is 1. The Morgan fingerprint density at radius 1 is 1.28 bits per heavy atom. The lowest BCUT2D eigenvalue weighted by molar-refractivity contribution is -0.384. The van der Waals surface area contributed by atoms with Crippen LogP contribution in [0.5, 0.6) is 0 Å². The summed E-state index contributed by atoms with van der Waals surface area (Å²) in [6.07, 6.45) is -0.415. The van der Waals surface area contributed by atoms with Crippen molar-refractivity contribution in [1.29, 1.82) is 0 Å². The monoisotopic (exact) mass is 302 g/mol. The van der Waals surface area contributed by atoms with Gasteiger partial charge in [0.15, 0.2) is 10.2 Å². The van der Waals surface area contributed by atoms with Crippen LogP contribution in [0.3, 0.4) is 0 Å². The molecule has 0 bridgehead atoms. The van der Waals surface area contributed by atoms with Crippen LogP contribution in [0.25, 0.3) is 0 Å². The Bertz CT molecular complexity index is 535. The first-order valence-electron chi connectivity index (χ1n) is 4.79. The number of halogens is 1. The highest BCUT2D eigenvalue weighted by Crippen LogP contribution is 2.27. The molecule has 0 radical (unpaired) electrons. The highest BCUT2D eigenvalue weighted by Gasteiger charge is 2.22. The van der Waals surface area contributed by atoms with Crippen molar-refractivity contribution in [2.45, 2.75) is 6.17 Å². The van der Waals surface area contributed by atoms with E-state index >= 15 is 0 Å². The van der Waals surface area contributed by atoms with Crippen LogP contribution in [0.4, 0.5) is 5.69 Å². The molecule has 0 unspecified atom stereocenters. The van der Waals surface area contributed by atoms with Crippen molar-refractivity contribution in [3.63, 3.8) is 0 Å². The highest BCUT2D eigenvalue weighted by atomic mass is 35.5. The summed E-state index contributed by atoms with van der Waals surface area (Å²) < 4.78 is 0. The molecule has 0 aromatic heterocycles. The molecule has 0 amide bonds. The molecule has 1 aromatic carbocycles. The van der Waals surface area contributed by atoms with Crippen LogP contribution in [0.2, 0.25) is 5.02 Å². The van der Waals surface area contributed by atoms with Gasteiger partial charge < -0.3 is 16.0 Å². The molecule has 1 aliphatic heterocycles. The molecule has 0 spiro atoms. The molecule has 1 fully saturated rings. The minimum Gasteiger partial charge on any atom is -0.338 e. The molecule has 94 valence electrons. The van der Waals surface area contributed by atoms with Crippen LogP contribution in [-0.4, -0.2) is 15.1 Å². The summed E-state index contributed by atoms with van der Waals surface area (Å²) in [5.41, 5.74) is 0.463. The number of hydrogen-bond donors (Lipinski definition) is 3. The highest BCUT2D eigenvalue weighted by molar-refractivity contribution is 7.81. The van der Waals surface area contributed by atoms with Crippen molar-refractivity contribution >= 4 is 51.9 Å². The van der Waals surface area contributed by atoms with Gasteiger partial charge in [-0.3, -0.25) is 10.1 Å². The summed E-state index contributed by atoms with van der Waals surface area (Å²) in [4.78, 5) is 10.3. The van der Waals surface area contributed by atoms with Crippen LogP contribution >= 0.6 is 36.0 Å². The molecular formula is C9H7ClN4O2S2. The Kier molecular flexibility index (Phi) is 3.60. The van der Waals surface area contributed by atoms with Gasteiger partial charge in [-0.2, -0.15) is 0 Å². The Balaban J connectivity index is 2.33. The number of thiocarbonyl (C=S) groups is 2. The van der Waals surface area contributed by atoms with Gasteiger partial charge in [0.05, 0.1) is 4.92 Å². The third-order valence-corrected chi connectivity index (χ3v) is 3.04. The maximum atomic E-state index is 10.8. The molecule has 0 saturated carbocycles. The van der Waals surface area contributed by atoms with Gasteiger partial charge in [-0.1, -0.05) is 17.7 Å². The topological polar surface area (TPSA) is 79.2 Å². The predicted molar refractivity (Wildman–Crippen MR) is 75.5 cm³/mol. The van der Waals surface area contributed by atoms with Gasteiger partial charge in [0, 0.05) is 11.6 Å². The van der Waals surface area contributed by atoms with E-state index in [1.54, 1.807) is 6.07 Å². The third-order valence-electron chi connectivity index (χ3n) is 2.28. The van der Waals surface area contributed by atoms with Crippen molar-refractivity contribution in [2.24, 2.45) is 0 Å². The lowest BCUT2D eigenvalue weighted by atomic mass is 10.1. The molecule has 18 heavy (non-hydrogen) atoms. The fourth-order valence-corrected chi connectivity index (χ4v) is 2.18. The first-order valence-corrected chi connectivity index (χ1v) is 5.98. The molecule has 1 heterocycles. The Morgan fingerprint density at radius 2 is 1.89 bits per heavy atom. The summed E-state index contributed by atoms with van der Waals surface area (Å²) in [5, 5.41) is 20.1. The minimum atomic E-state index is -0.538. The molecule has 1 aliphatic rings. The fraction of sp³-hybridized carbons (Fsp3) is 0.111. The van der Waals surface area contributed by atoms with E-state index in [-0.39, 0.29) is 10.7 Å².